The van der Waals surface area contributed by atoms with E-state index >= 15 is 0 Å². The van der Waals surface area contributed by atoms with E-state index in [-0.39, 0.29) is 12.0 Å². The summed E-state index contributed by atoms with van der Waals surface area (Å²) >= 11 is 5.92. The molecule has 1 aromatic carbocycles. The van der Waals surface area contributed by atoms with E-state index in [0.29, 0.717) is 36.0 Å². The summed E-state index contributed by atoms with van der Waals surface area (Å²) in [5.41, 5.74) is 3.57. The van der Waals surface area contributed by atoms with Crippen LogP contribution in [0, 0.1) is 0 Å². The largest absolute Gasteiger partial charge is 0.375 e. The van der Waals surface area contributed by atoms with Crippen molar-refractivity contribution in [1.29, 1.82) is 0 Å². The van der Waals surface area contributed by atoms with Crippen molar-refractivity contribution in [2.24, 2.45) is 5.84 Å². The van der Waals surface area contributed by atoms with Gasteiger partial charge in [-0.2, -0.15) is 0 Å². The molecule has 0 radical (unpaired) electrons. The van der Waals surface area contributed by atoms with Crippen LogP contribution < -0.4 is 11.3 Å². The first-order valence-corrected chi connectivity index (χ1v) is 6.16. The van der Waals surface area contributed by atoms with Gasteiger partial charge in [0.05, 0.1) is 24.0 Å². The minimum atomic E-state index is -0.0828. The van der Waals surface area contributed by atoms with Crippen LogP contribution in [-0.2, 0) is 4.74 Å². The Labute approximate surface area is 111 Å². The summed E-state index contributed by atoms with van der Waals surface area (Å²) in [4.78, 5) is 14.1. The van der Waals surface area contributed by atoms with E-state index in [1.165, 1.54) is 0 Å². The van der Waals surface area contributed by atoms with Crippen LogP contribution in [0.1, 0.15) is 17.3 Å². The SMILES string of the molecule is CC1CN(C(=O)c2cc(Cl)ccc2NN)CCO1. The van der Waals surface area contributed by atoms with Crippen LogP contribution in [-0.4, -0.2) is 36.6 Å². The van der Waals surface area contributed by atoms with Crippen molar-refractivity contribution >= 4 is 23.2 Å². The second-order valence-corrected chi connectivity index (χ2v) is 4.70. The number of nitrogen functional groups attached to an aromatic ring is 1. The molecular weight excluding hydrogens is 254 g/mol. The number of halogens is 1. The number of anilines is 1. The van der Waals surface area contributed by atoms with Crippen molar-refractivity contribution in [3.8, 4) is 0 Å². The maximum atomic E-state index is 12.4. The number of ether oxygens (including phenoxy) is 1. The maximum absolute atomic E-state index is 12.4. The molecule has 0 bridgehead atoms. The van der Waals surface area contributed by atoms with E-state index in [9.17, 15) is 4.79 Å². The zero-order chi connectivity index (χ0) is 13.1. The molecule has 1 aromatic rings. The molecule has 1 unspecified atom stereocenters. The summed E-state index contributed by atoms with van der Waals surface area (Å²) in [7, 11) is 0. The van der Waals surface area contributed by atoms with Crippen LogP contribution in [0.15, 0.2) is 18.2 Å². The van der Waals surface area contributed by atoms with Gasteiger partial charge < -0.3 is 15.1 Å². The average molecular weight is 270 g/mol. The Morgan fingerprint density at radius 2 is 2.39 bits per heavy atom. The molecule has 1 aliphatic rings. The molecule has 3 N–H and O–H groups in total. The highest BCUT2D eigenvalue weighted by molar-refractivity contribution is 6.31. The quantitative estimate of drug-likeness (QED) is 0.630. The number of carbonyl (C=O) groups excluding carboxylic acids is 1. The maximum Gasteiger partial charge on any atom is 0.256 e. The summed E-state index contributed by atoms with van der Waals surface area (Å²) in [5.74, 6) is 5.32. The van der Waals surface area contributed by atoms with Crippen LogP contribution in [0.5, 0.6) is 0 Å². The molecule has 1 aliphatic heterocycles. The molecule has 0 aromatic heterocycles. The van der Waals surface area contributed by atoms with Crippen molar-refractivity contribution in [2.45, 2.75) is 13.0 Å². The Bertz CT molecular complexity index is 453. The molecule has 1 atom stereocenters. The standard InChI is InChI=1S/C12H16ClN3O2/c1-8-7-16(4-5-18-8)12(17)10-6-9(13)2-3-11(10)15-14/h2-3,6,8,15H,4-5,7,14H2,1H3. The molecule has 1 saturated heterocycles. The number of morpholine rings is 1. The molecule has 0 saturated carbocycles. The summed E-state index contributed by atoms with van der Waals surface area (Å²) in [5, 5.41) is 0.513. The van der Waals surface area contributed by atoms with Gasteiger partial charge in [-0.15, -0.1) is 0 Å². The Morgan fingerprint density at radius 1 is 1.61 bits per heavy atom. The second-order valence-electron chi connectivity index (χ2n) is 4.27. The molecular formula is C12H16ClN3O2. The van der Waals surface area contributed by atoms with Gasteiger partial charge >= 0.3 is 0 Å². The Hall–Kier alpha value is -1.30. The molecule has 1 fully saturated rings. The van der Waals surface area contributed by atoms with E-state index in [1.807, 2.05) is 6.92 Å². The van der Waals surface area contributed by atoms with Crippen molar-refractivity contribution in [1.82, 2.24) is 4.90 Å². The van der Waals surface area contributed by atoms with Gasteiger partial charge in [0.2, 0.25) is 0 Å². The number of nitrogens with zero attached hydrogens (tertiary/aromatic N) is 1. The minimum Gasteiger partial charge on any atom is -0.375 e. The number of carbonyl (C=O) groups is 1. The van der Waals surface area contributed by atoms with Gasteiger partial charge in [-0.1, -0.05) is 11.6 Å². The molecule has 5 nitrogen and oxygen atoms in total. The minimum absolute atomic E-state index is 0.0520. The smallest absolute Gasteiger partial charge is 0.256 e. The Balaban J connectivity index is 2.24. The summed E-state index contributed by atoms with van der Waals surface area (Å²) in [6.07, 6.45) is 0.0520. The van der Waals surface area contributed by atoms with E-state index in [2.05, 4.69) is 5.43 Å². The first kappa shape index (κ1) is 13.1. The Morgan fingerprint density at radius 3 is 3.06 bits per heavy atom. The van der Waals surface area contributed by atoms with Crippen molar-refractivity contribution in [3.05, 3.63) is 28.8 Å². The van der Waals surface area contributed by atoms with Crippen LogP contribution in [0.25, 0.3) is 0 Å². The summed E-state index contributed by atoms with van der Waals surface area (Å²) in [6, 6.07) is 5.01. The van der Waals surface area contributed by atoms with Crippen molar-refractivity contribution in [2.75, 3.05) is 25.1 Å². The lowest BCUT2D eigenvalue weighted by atomic mass is 10.1. The fourth-order valence-electron chi connectivity index (χ4n) is 1.99. The highest BCUT2D eigenvalue weighted by Crippen LogP contribution is 2.22. The lowest BCUT2D eigenvalue weighted by Gasteiger charge is -2.31. The zero-order valence-corrected chi connectivity index (χ0v) is 10.9. The number of rotatable bonds is 2. The van der Waals surface area contributed by atoms with Crippen LogP contribution in [0.3, 0.4) is 0 Å². The molecule has 2 rings (SSSR count). The molecule has 0 spiro atoms. The predicted octanol–water partition coefficient (Wildman–Crippen LogP) is 1.49. The number of hydrogen-bond donors (Lipinski definition) is 2. The van der Waals surface area contributed by atoms with E-state index < -0.39 is 0 Å². The highest BCUT2D eigenvalue weighted by atomic mass is 35.5. The van der Waals surface area contributed by atoms with Gasteiger partial charge in [0.25, 0.3) is 5.91 Å². The zero-order valence-electron chi connectivity index (χ0n) is 10.1. The summed E-state index contributed by atoms with van der Waals surface area (Å²) < 4.78 is 5.41. The molecule has 1 heterocycles. The van der Waals surface area contributed by atoms with E-state index in [4.69, 9.17) is 22.2 Å². The number of nitrogens with two attached hydrogens (primary N) is 1. The van der Waals surface area contributed by atoms with Gasteiger partial charge in [0.15, 0.2) is 0 Å². The number of hydrogen-bond acceptors (Lipinski definition) is 4. The first-order valence-electron chi connectivity index (χ1n) is 5.79. The normalized spacial score (nSPS) is 19.7. The highest BCUT2D eigenvalue weighted by Gasteiger charge is 2.24. The van der Waals surface area contributed by atoms with Crippen LogP contribution in [0.2, 0.25) is 5.02 Å². The van der Waals surface area contributed by atoms with Gasteiger partial charge in [0.1, 0.15) is 0 Å². The van der Waals surface area contributed by atoms with E-state index in [1.54, 1.807) is 23.1 Å². The Kier molecular flexibility index (Phi) is 4.06. The fraction of sp³-hybridized carbons (Fsp3) is 0.417. The third-order valence-corrected chi connectivity index (χ3v) is 3.13. The van der Waals surface area contributed by atoms with Gasteiger partial charge in [0, 0.05) is 18.1 Å². The third-order valence-electron chi connectivity index (χ3n) is 2.90. The molecule has 18 heavy (non-hydrogen) atoms. The first-order chi connectivity index (χ1) is 8.61. The number of hydrazine groups is 1. The topological polar surface area (TPSA) is 67.6 Å². The van der Waals surface area contributed by atoms with Gasteiger partial charge in [-0.3, -0.25) is 10.6 Å². The second kappa shape index (κ2) is 5.56. The molecule has 1 amide bonds. The van der Waals surface area contributed by atoms with Gasteiger partial charge in [-0.05, 0) is 25.1 Å². The molecule has 0 aliphatic carbocycles. The number of amides is 1. The fourth-order valence-corrected chi connectivity index (χ4v) is 2.16. The molecule has 6 heteroatoms. The van der Waals surface area contributed by atoms with Crippen molar-refractivity contribution < 1.29 is 9.53 Å². The average Bonchev–Trinajstić information content (AvgIpc) is 2.38. The number of benzene rings is 1. The third kappa shape index (κ3) is 2.75. The van der Waals surface area contributed by atoms with Crippen LogP contribution in [0.4, 0.5) is 5.69 Å². The lowest BCUT2D eigenvalue weighted by molar-refractivity contribution is -0.0123. The monoisotopic (exact) mass is 269 g/mol. The predicted molar refractivity (Wildman–Crippen MR) is 70.6 cm³/mol. The van der Waals surface area contributed by atoms with Gasteiger partial charge in [-0.25, -0.2) is 0 Å². The van der Waals surface area contributed by atoms with Crippen LogP contribution >= 0.6 is 11.6 Å². The number of nitrogens with one attached hydrogen (secondary N) is 1. The van der Waals surface area contributed by atoms with Crippen molar-refractivity contribution in [3.63, 3.8) is 0 Å². The molecule has 98 valence electrons. The lowest BCUT2D eigenvalue weighted by Crippen LogP contribution is -2.44. The van der Waals surface area contributed by atoms with E-state index in [0.717, 1.165) is 0 Å². The summed E-state index contributed by atoms with van der Waals surface area (Å²) in [6.45, 7) is 3.66.